The predicted octanol–water partition coefficient (Wildman–Crippen LogP) is 4.52. The van der Waals surface area contributed by atoms with Crippen molar-refractivity contribution >= 4 is 0 Å². The number of halogens is 1. The molecule has 5 atom stereocenters. The monoisotopic (exact) mass is 301 g/mol. The molecular weight excluding hydrogens is 277 g/mol. The van der Waals surface area contributed by atoms with Crippen LogP contribution in [0.15, 0.2) is 24.3 Å². The van der Waals surface area contributed by atoms with Gasteiger partial charge in [-0.1, -0.05) is 12.1 Å². The number of nitrogens with zero attached hydrogens (tertiary/aromatic N) is 1. The summed E-state index contributed by atoms with van der Waals surface area (Å²) in [7, 11) is 1.75. The number of nitriles is 1. The molecule has 0 aliphatic heterocycles. The van der Waals surface area contributed by atoms with Gasteiger partial charge in [0.05, 0.1) is 6.07 Å². The Morgan fingerprint density at radius 3 is 2.64 bits per heavy atom. The van der Waals surface area contributed by atoms with Crippen molar-refractivity contribution in [3.05, 3.63) is 35.6 Å². The molecule has 3 rings (SSSR count). The fourth-order valence-electron chi connectivity index (χ4n) is 4.67. The molecule has 0 radical (unpaired) electrons. The Morgan fingerprint density at radius 1 is 1.18 bits per heavy atom. The second-order valence-corrected chi connectivity index (χ2v) is 7.01. The first-order valence-electron chi connectivity index (χ1n) is 8.35. The minimum absolute atomic E-state index is 0.155. The lowest BCUT2D eigenvalue weighted by atomic mass is 9.60. The summed E-state index contributed by atoms with van der Waals surface area (Å²) in [5, 5.41) is 9.57. The zero-order valence-corrected chi connectivity index (χ0v) is 13.2. The third-order valence-electron chi connectivity index (χ3n) is 5.70. The van der Waals surface area contributed by atoms with Crippen LogP contribution < -0.4 is 0 Å². The first-order valence-corrected chi connectivity index (χ1v) is 8.35. The molecule has 2 saturated carbocycles. The summed E-state index contributed by atoms with van der Waals surface area (Å²) >= 11 is 0. The van der Waals surface area contributed by atoms with Crippen LogP contribution in [-0.4, -0.2) is 13.7 Å². The quantitative estimate of drug-likeness (QED) is 0.822. The summed E-state index contributed by atoms with van der Waals surface area (Å²) in [5.41, 5.74) is 1.23. The van der Waals surface area contributed by atoms with Crippen molar-refractivity contribution in [2.45, 2.75) is 38.0 Å². The molecule has 0 saturated heterocycles. The van der Waals surface area contributed by atoms with Crippen LogP contribution in [0.1, 0.15) is 43.6 Å². The average Bonchev–Trinajstić information content (AvgIpc) is 2.55. The summed E-state index contributed by atoms with van der Waals surface area (Å²) in [5.74, 6) is 2.17. The van der Waals surface area contributed by atoms with E-state index in [2.05, 4.69) is 6.07 Å². The Morgan fingerprint density at radius 2 is 1.95 bits per heavy atom. The van der Waals surface area contributed by atoms with E-state index >= 15 is 0 Å². The van der Waals surface area contributed by atoms with Gasteiger partial charge in [0.1, 0.15) is 5.82 Å². The number of hydrogen-bond acceptors (Lipinski definition) is 2. The molecule has 3 unspecified atom stereocenters. The van der Waals surface area contributed by atoms with Crippen molar-refractivity contribution in [2.24, 2.45) is 23.7 Å². The van der Waals surface area contributed by atoms with Crippen LogP contribution in [0.5, 0.6) is 0 Å². The summed E-state index contributed by atoms with van der Waals surface area (Å²) in [6.07, 6.45) is 5.60. The lowest BCUT2D eigenvalue weighted by Gasteiger charge is -2.44. The second-order valence-electron chi connectivity index (χ2n) is 7.01. The van der Waals surface area contributed by atoms with Gasteiger partial charge >= 0.3 is 0 Å². The molecule has 0 amide bonds. The largest absolute Gasteiger partial charge is 0.384 e. The van der Waals surface area contributed by atoms with Gasteiger partial charge in [-0.05, 0) is 73.5 Å². The summed E-state index contributed by atoms with van der Waals surface area (Å²) in [4.78, 5) is 0. The number of methoxy groups -OCH3 is 1. The number of ether oxygens (including phenoxy) is 1. The molecule has 22 heavy (non-hydrogen) atoms. The number of hydrogen-bond donors (Lipinski definition) is 0. The molecule has 0 bridgehead atoms. The zero-order chi connectivity index (χ0) is 15.5. The van der Waals surface area contributed by atoms with Gasteiger partial charge in [0.15, 0.2) is 0 Å². The SMILES string of the molecule is COC[C@H]1CC2CCC(c3ccc(F)cc3)CC2[C@H](C#N)C1. The molecule has 1 aromatic rings. The molecule has 0 spiro atoms. The Balaban J connectivity index is 1.71. The Hall–Kier alpha value is -1.40. The highest BCUT2D eigenvalue weighted by molar-refractivity contribution is 5.21. The van der Waals surface area contributed by atoms with E-state index in [0.29, 0.717) is 23.7 Å². The van der Waals surface area contributed by atoms with Crippen LogP contribution in [0.4, 0.5) is 4.39 Å². The van der Waals surface area contributed by atoms with Crippen molar-refractivity contribution in [3.63, 3.8) is 0 Å². The van der Waals surface area contributed by atoms with E-state index in [0.717, 1.165) is 25.9 Å². The molecule has 118 valence electrons. The van der Waals surface area contributed by atoms with Crippen LogP contribution in [0.3, 0.4) is 0 Å². The Kier molecular flexibility index (Phi) is 4.78. The highest BCUT2D eigenvalue weighted by Gasteiger charge is 2.41. The lowest BCUT2D eigenvalue weighted by Crippen LogP contribution is -2.37. The van der Waals surface area contributed by atoms with Crippen molar-refractivity contribution in [1.29, 1.82) is 5.26 Å². The molecule has 0 N–H and O–H groups in total. The Labute approximate surface area is 132 Å². The van der Waals surface area contributed by atoms with Crippen molar-refractivity contribution < 1.29 is 9.13 Å². The fraction of sp³-hybridized carbons (Fsp3) is 0.632. The van der Waals surface area contributed by atoms with E-state index < -0.39 is 0 Å². The van der Waals surface area contributed by atoms with E-state index in [9.17, 15) is 9.65 Å². The van der Waals surface area contributed by atoms with Gasteiger partial charge in [0.25, 0.3) is 0 Å². The third kappa shape index (κ3) is 3.17. The summed E-state index contributed by atoms with van der Waals surface area (Å²) < 4.78 is 18.4. The van der Waals surface area contributed by atoms with Gasteiger partial charge in [0.2, 0.25) is 0 Å². The van der Waals surface area contributed by atoms with E-state index in [1.54, 1.807) is 19.2 Å². The maximum atomic E-state index is 13.1. The smallest absolute Gasteiger partial charge is 0.123 e. The van der Waals surface area contributed by atoms with Crippen LogP contribution in [0, 0.1) is 40.8 Å². The average molecular weight is 301 g/mol. The minimum Gasteiger partial charge on any atom is -0.384 e. The molecule has 2 aliphatic rings. The number of fused-ring (bicyclic) bond motifs is 1. The minimum atomic E-state index is -0.174. The fourth-order valence-corrected chi connectivity index (χ4v) is 4.67. The van der Waals surface area contributed by atoms with Crippen LogP contribution in [0.2, 0.25) is 0 Å². The molecule has 2 nitrogen and oxygen atoms in total. The third-order valence-corrected chi connectivity index (χ3v) is 5.70. The topological polar surface area (TPSA) is 33.0 Å². The van der Waals surface area contributed by atoms with E-state index in [1.165, 1.54) is 18.4 Å². The molecule has 0 aromatic heterocycles. The molecule has 1 aromatic carbocycles. The maximum absolute atomic E-state index is 13.1. The van der Waals surface area contributed by atoms with E-state index in [-0.39, 0.29) is 11.7 Å². The molecular formula is C19H24FNO. The highest BCUT2D eigenvalue weighted by atomic mass is 19.1. The molecule has 0 heterocycles. The zero-order valence-electron chi connectivity index (χ0n) is 13.2. The summed E-state index contributed by atoms with van der Waals surface area (Å²) in [6, 6.07) is 9.50. The summed E-state index contributed by atoms with van der Waals surface area (Å²) in [6.45, 7) is 0.781. The second kappa shape index (κ2) is 6.79. The molecule has 2 aliphatic carbocycles. The standard InChI is InChI=1S/C19H24FNO/c1-22-12-13-8-16-3-2-15(10-19(16)17(9-13)11-21)14-4-6-18(20)7-5-14/h4-7,13,15-17,19H,2-3,8-10,12H2,1H3/t13-,15?,16?,17-,19?/m0/s1. The molecule has 2 fully saturated rings. The Bertz CT molecular complexity index is 535. The van der Waals surface area contributed by atoms with Crippen molar-refractivity contribution in [1.82, 2.24) is 0 Å². The molecule has 3 heteroatoms. The number of benzene rings is 1. The highest BCUT2D eigenvalue weighted by Crippen LogP contribution is 2.49. The number of rotatable bonds is 3. The first-order chi connectivity index (χ1) is 10.7. The van der Waals surface area contributed by atoms with Crippen LogP contribution in [0.25, 0.3) is 0 Å². The van der Waals surface area contributed by atoms with E-state index in [1.807, 2.05) is 12.1 Å². The van der Waals surface area contributed by atoms with Crippen LogP contribution in [-0.2, 0) is 4.74 Å². The van der Waals surface area contributed by atoms with Gasteiger partial charge in [0, 0.05) is 19.6 Å². The maximum Gasteiger partial charge on any atom is 0.123 e. The van der Waals surface area contributed by atoms with E-state index in [4.69, 9.17) is 4.74 Å². The lowest BCUT2D eigenvalue weighted by molar-refractivity contribution is 0.0432. The van der Waals surface area contributed by atoms with Gasteiger partial charge < -0.3 is 4.74 Å². The van der Waals surface area contributed by atoms with Crippen molar-refractivity contribution in [3.8, 4) is 6.07 Å². The first kappa shape index (κ1) is 15.5. The normalized spacial score (nSPS) is 34.7. The van der Waals surface area contributed by atoms with Crippen molar-refractivity contribution in [2.75, 3.05) is 13.7 Å². The predicted molar refractivity (Wildman–Crippen MR) is 83.7 cm³/mol. The van der Waals surface area contributed by atoms with Gasteiger partial charge in [-0.25, -0.2) is 4.39 Å². The van der Waals surface area contributed by atoms with Gasteiger partial charge in [-0.15, -0.1) is 0 Å². The van der Waals surface area contributed by atoms with Crippen LogP contribution >= 0.6 is 0 Å². The van der Waals surface area contributed by atoms with Gasteiger partial charge in [-0.3, -0.25) is 0 Å². The van der Waals surface area contributed by atoms with Gasteiger partial charge in [-0.2, -0.15) is 5.26 Å².